The molecule has 3 rings (SSSR count). The number of halogens is 1. The minimum absolute atomic E-state index is 0.497. The third-order valence-electron chi connectivity index (χ3n) is 2.94. The Bertz CT molecular complexity index is 710. The molecule has 0 saturated carbocycles. The number of pyridine rings is 1. The molecule has 3 aromatic rings. The fourth-order valence-corrected chi connectivity index (χ4v) is 2.18. The first-order chi connectivity index (χ1) is 9.26. The van der Waals surface area contributed by atoms with Crippen molar-refractivity contribution in [3.63, 3.8) is 0 Å². The third kappa shape index (κ3) is 2.39. The van der Waals surface area contributed by atoms with Crippen molar-refractivity contribution in [2.45, 2.75) is 6.54 Å². The maximum atomic E-state index is 6.22. The minimum Gasteiger partial charge on any atom is -0.497 e. The Morgan fingerprint density at radius 3 is 2.95 bits per heavy atom. The van der Waals surface area contributed by atoms with Crippen molar-refractivity contribution in [1.29, 1.82) is 0 Å². The number of nitrogens with zero attached hydrogens (tertiary/aromatic N) is 3. The highest BCUT2D eigenvalue weighted by Crippen LogP contribution is 2.24. The van der Waals surface area contributed by atoms with Crippen LogP contribution in [0.25, 0.3) is 10.9 Å². The Morgan fingerprint density at radius 1 is 1.32 bits per heavy atom. The van der Waals surface area contributed by atoms with E-state index in [1.54, 1.807) is 13.3 Å². The standard InChI is InChI=1S/C14H12ClN3O/c1-19-12-4-3-10-7-11(9-18-6-2-5-16-18)14(15)17-13(10)8-12/h2-8H,9H2,1H3. The summed E-state index contributed by atoms with van der Waals surface area (Å²) < 4.78 is 7.00. The number of methoxy groups -OCH3 is 1. The summed E-state index contributed by atoms with van der Waals surface area (Å²) in [6, 6.07) is 9.68. The van der Waals surface area contributed by atoms with Crippen LogP contribution in [0.4, 0.5) is 0 Å². The molecule has 0 atom stereocenters. The summed E-state index contributed by atoms with van der Waals surface area (Å²) in [5.74, 6) is 0.774. The number of ether oxygens (including phenoxy) is 1. The number of benzene rings is 1. The quantitative estimate of drug-likeness (QED) is 0.688. The third-order valence-corrected chi connectivity index (χ3v) is 3.27. The second kappa shape index (κ2) is 4.90. The van der Waals surface area contributed by atoms with E-state index in [1.165, 1.54) is 0 Å². The van der Waals surface area contributed by atoms with Crippen molar-refractivity contribution in [2.75, 3.05) is 7.11 Å². The molecule has 5 heteroatoms. The SMILES string of the molecule is COc1ccc2cc(Cn3cccn3)c(Cl)nc2c1. The minimum atomic E-state index is 0.497. The normalized spacial score (nSPS) is 10.8. The van der Waals surface area contributed by atoms with Gasteiger partial charge in [-0.3, -0.25) is 4.68 Å². The van der Waals surface area contributed by atoms with Gasteiger partial charge in [-0.2, -0.15) is 5.10 Å². The molecule has 0 spiro atoms. The first-order valence-electron chi connectivity index (χ1n) is 5.87. The highest BCUT2D eigenvalue weighted by atomic mass is 35.5. The van der Waals surface area contributed by atoms with E-state index in [1.807, 2.05) is 41.2 Å². The molecular weight excluding hydrogens is 262 g/mol. The van der Waals surface area contributed by atoms with E-state index in [9.17, 15) is 0 Å². The molecule has 0 N–H and O–H groups in total. The van der Waals surface area contributed by atoms with E-state index in [0.29, 0.717) is 11.7 Å². The average molecular weight is 274 g/mol. The van der Waals surface area contributed by atoms with Crippen molar-refractivity contribution in [3.8, 4) is 5.75 Å². The highest BCUT2D eigenvalue weighted by Gasteiger charge is 2.07. The van der Waals surface area contributed by atoms with E-state index >= 15 is 0 Å². The zero-order chi connectivity index (χ0) is 13.2. The predicted octanol–water partition coefficient (Wildman–Crippen LogP) is 3.14. The van der Waals surface area contributed by atoms with Gasteiger partial charge in [-0.05, 0) is 24.3 Å². The highest BCUT2D eigenvalue weighted by molar-refractivity contribution is 6.30. The Balaban J connectivity index is 2.04. The van der Waals surface area contributed by atoms with E-state index in [4.69, 9.17) is 16.3 Å². The summed E-state index contributed by atoms with van der Waals surface area (Å²) >= 11 is 6.22. The summed E-state index contributed by atoms with van der Waals surface area (Å²) in [6.45, 7) is 0.612. The van der Waals surface area contributed by atoms with E-state index in [2.05, 4.69) is 10.1 Å². The van der Waals surface area contributed by atoms with Crippen LogP contribution in [-0.2, 0) is 6.54 Å². The van der Waals surface area contributed by atoms with Crippen molar-refractivity contribution < 1.29 is 4.74 Å². The van der Waals surface area contributed by atoms with Gasteiger partial charge in [0.1, 0.15) is 10.9 Å². The van der Waals surface area contributed by atoms with E-state index in [-0.39, 0.29) is 0 Å². The van der Waals surface area contributed by atoms with Crippen molar-refractivity contribution >= 4 is 22.5 Å². The number of hydrogen-bond donors (Lipinski definition) is 0. The second-order valence-corrected chi connectivity index (χ2v) is 4.56. The van der Waals surface area contributed by atoms with Crippen LogP contribution in [0.15, 0.2) is 42.7 Å². The van der Waals surface area contributed by atoms with Crippen LogP contribution < -0.4 is 4.74 Å². The summed E-state index contributed by atoms with van der Waals surface area (Å²) in [6.07, 6.45) is 3.64. The summed E-state index contributed by atoms with van der Waals surface area (Å²) in [7, 11) is 1.63. The summed E-state index contributed by atoms with van der Waals surface area (Å²) in [5.41, 5.74) is 1.77. The smallest absolute Gasteiger partial charge is 0.134 e. The molecule has 96 valence electrons. The molecule has 0 fully saturated rings. The van der Waals surface area contributed by atoms with Gasteiger partial charge in [-0.15, -0.1) is 0 Å². The van der Waals surface area contributed by atoms with Gasteiger partial charge in [-0.25, -0.2) is 4.98 Å². The number of rotatable bonds is 3. The molecular formula is C14H12ClN3O. The number of aromatic nitrogens is 3. The van der Waals surface area contributed by atoms with Gasteiger partial charge in [0.25, 0.3) is 0 Å². The van der Waals surface area contributed by atoms with Crippen LogP contribution in [0.5, 0.6) is 5.75 Å². The molecule has 19 heavy (non-hydrogen) atoms. The monoisotopic (exact) mass is 273 g/mol. The molecule has 0 saturated heterocycles. The molecule has 0 unspecified atom stereocenters. The average Bonchev–Trinajstić information content (AvgIpc) is 2.92. The van der Waals surface area contributed by atoms with Crippen LogP contribution in [0.1, 0.15) is 5.56 Å². The van der Waals surface area contributed by atoms with Crippen molar-refractivity contribution in [2.24, 2.45) is 0 Å². The van der Waals surface area contributed by atoms with Crippen LogP contribution in [0.3, 0.4) is 0 Å². The lowest BCUT2D eigenvalue weighted by molar-refractivity contribution is 0.415. The summed E-state index contributed by atoms with van der Waals surface area (Å²) in [4.78, 5) is 4.41. The molecule has 1 aromatic carbocycles. The molecule has 0 radical (unpaired) electrons. The van der Waals surface area contributed by atoms with E-state index in [0.717, 1.165) is 22.2 Å². The van der Waals surface area contributed by atoms with Gasteiger partial charge in [0.15, 0.2) is 0 Å². The molecule has 2 aromatic heterocycles. The zero-order valence-electron chi connectivity index (χ0n) is 10.4. The Hall–Kier alpha value is -2.07. The lowest BCUT2D eigenvalue weighted by Crippen LogP contribution is -2.01. The van der Waals surface area contributed by atoms with Gasteiger partial charge in [0, 0.05) is 29.4 Å². The molecule has 2 heterocycles. The molecule has 0 bridgehead atoms. The molecule has 0 aliphatic rings. The van der Waals surface area contributed by atoms with Crippen LogP contribution in [0.2, 0.25) is 5.15 Å². The maximum absolute atomic E-state index is 6.22. The first-order valence-corrected chi connectivity index (χ1v) is 6.24. The molecule has 0 aliphatic heterocycles. The van der Waals surface area contributed by atoms with Crippen LogP contribution >= 0.6 is 11.6 Å². The Labute approximate surface area is 115 Å². The molecule has 0 amide bonds. The lowest BCUT2D eigenvalue weighted by Gasteiger charge is -2.07. The topological polar surface area (TPSA) is 39.9 Å². The van der Waals surface area contributed by atoms with Gasteiger partial charge in [-0.1, -0.05) is 11.6 Å². The fraction of sp³-hybridized carbons (Fsp3) is 0.143. The van der Waals surface area contributed by atoms with Crippen molar-refractivity contribution in [3.05, 3.63) is 53.4 Å². The van der Waals surface area contributed by atoms with E-state index < -0.39 is 0 Å². The van der Waals surface area contributed by atoms with Crippen LogP contribution in [-0.4, -0.2) is 21.9 Å². The number of fused-ring (bicyclic) bond motifs is 1. The van der Waals surface area contributed by atoms with Gasteiger partial charge >= 0.3 is 0 Å². The molecule has 0 aliphatic carbocycles. The van der Waals surface area contributed by atoms with Crippen molar-refractivity contribution in [1.82, 2.24) is 14.8 Å². The molecule has 4 nitrogen and oxygen atoms in total. The van der Waals surface area contributed by atoms with Crippen LogP contribution in [0, 0.1) is 0 Å². The summed E-state index contributed by atoms with van der Waals surface area (Å²) in [5, 5.41) is 5.70. The Kier molecular flexibility index (Phi) is 3.09. The Morgan fingerprint density at radius 2 is 2.21 bits per heavy atom. The number of hydrogen-bond acceptors (Lipinski definition) is 3. The zero-order valence-corrected chi connectivity index (χ0v) is 11.1. The van der Waals surface area contributed by atoms with Gasteiger partial charge in [0.05, 0.1) is 19.2 Å². The predicted molar refractivity (Wildman–Crippen MR) is 74.6 cm³/mol. The first kappa shape index (κ1) is 12.0. The van der Waals surface area contributed by atoms with Gasteiger partial charge in [0.2, 0.25) is 0 Å². The van der Waals surface area contributed by atoms with Gasteiger partial charge < -0.3 is 4.74 Å². The largest absolute Gasteiger partial charge is 0.497 e. The maximum Gasteiger partial charge on any atom is 0.134 e. The fourth-order valence-electron chi connectivity index (χ4n) is 1.97. The lowest BCUT2D eigenvalue weighted by atomic mass is 10.1. The second-order valence-electron chi connectivity index (χ2n) is 4.20.